The van der Waals surface area contributed by atoms with E-state index in [1.807, 2.05) is 24.3 Å². The van der Waals surface area contributed by atoms with Crippen molar-refractivity contribution >= 4 is 23.4 Å². The molecular weight excluding hydrogens is 370 g/mol. The van der Waals surface area contributed by atoms with Crippen LogP contribution in [0, 0.1) is 33.5 Å². The number of hydrogen-bond donors (Lipinski definition) is 1. The number of nitriles is 2. The van der Waals surface area contributed by atoms with Gasteiger partial charge in [0.2, 0.25) is 5.91 Å². The van der Waals surface area contributed by atoms with Crippen LogP contribution in [-0.4, -0.2) is 44.3 Å². The van der Waals surface area contributed by atoms with Gasteiger partial charge in [0.15, 0.2) is 0 Å². The van der Waals surface area contributed by atoms with E-state index in [0.717, 1.165) is 37.3 Å². The number of ether oxygens (including phenoxy) is 1. The second-order valence-corrected chi connectivity index (χ2v) is 8.14. The molecule has 29 heavy (non-hydrogen) atoms. The Bertz CT molecular complexity index is 892. The molecule has 1 atom stereocenters. The molecule has 1 aliphatic carbocycles. The van der Waals surface area contributed by atoms with Gasteiger partial charge in [-0.05, 0) is 43.5 Å². The first-order chi connectivity index (χ1) is 13.9. The van der Waals surface area contributed by atoms with Crippen molar-refractivity contribution in [3.8, 4) is 12.1 Å². The van der Waals surface area contributed by atoms with Crippen LogP contribution in [0.15, 0.2) is 24.3 Å². The lowest BCUT2D eigenvalue weighted by Crippen LogP contribution is -2.36. The second-order valence-electron chi connectivity index (χ2n) is 8.14. The van der Waals surface area contributed by atoms with Crippen LogP contribution >= 0.6 is 0 Å². The summed E-state index contributed by atoms with van der Waals surface area (Å²) in [6, 6.07) is 12.2. The molecule has 3 aliphatic rings. The number of carbonyl (C=O) groups excluding carboxylic acids is 2. The number of rotatable bonds is 4. The summed E-state index contributed by atoms with van der Waals surface area (Å²) in [5, 5.41) is 21.4. The van der Waals surface area contributed by atoms with E-state index >= 15 is 0 Å². The molecule has 2 heterocycles. The van der Waals surface area contributed by atoms with Crippen molar-refractivity contribution < 1.29 is 14.3 Å². The van der Waals surface area contributed by atoms with E-state index in [0.29, 0.717) is 19.5 Å². The number of amides is 2. The van der Waals surface area contributed by atoms with Crippen molar-refractivity contribution in [2.24, 2.45) is 10.8 Å². The molecule has 1 aromatic rings. The Balaban J connectivity index is 1.36. The molecule has 150 valence electrons. The summed E-state index contributed by atoms with van der Waals surface area (Å²) >= 11 is 0. The largest absolute Gasteiger partial charge is 0.442 e. The smallest absolute Gasteiger partial charge is 0.414 e. The first-order valence-corrected chi connectivity index (χ1v) is 9.82. The van der Waals surface area contributed by atoms with Crippen LogP contribution in [0.1, 0.15) is 26.2 Å². The van der Waals surface area contributed by atoms with E-state index < -0.39 is 11.5 Å². The van der Waals surface area contributed by atoms with Gasteiger partial charge in [-0.25, -0.2) is 4.79 Å². The van der Waals surface area contributed by atoms with Crippen LogP contribution in [0.25, 0.3) is 0 Å². The minimum atomic E-state index is -0.785. The lowest BCUT2D eigenvalue weighted by atomic mass is 9.85. The third kappa shape index (κ3) is 3.25. The summed E-state index contributed by atoms with van der Waals surface area (Å²) in [7, 11) is 0. The van der Waals surface area contributed by atoms with Crippen molar-refractivity contribution in [2.45, 2.75) is 32.3 Å². The minimum absolute atomic E-state index is 0.130. The Morgan fingerprint density at radius 3 is 2.38 bits per heavy atom. The molecular formula is C21H23N5O3. The van der Waals surface area contributed by atoms with Gasteiger partial charge in [-0.15, -0.1) is 0 Å². The minimum Gasteiger partial charge on any atom is -0.442 e. The Kier molecular flexibility index (Phi) is 4.58. The fourth-order valence-corrected chi connectivity index (χ4v) is 4.54. The second kappa shape index (κ2) is 6.97. The summed E-state index contributed by atoms with van der Waals surface area (Å²) in [5.41, 5.74) is 0.904. The number of carbonyl (C=O) groups is 2. The van der Waals surface area contributed by atoms with Gasteiger partial charge in [-0.3, -0.25) is 9.69 Å². The van der Waals surface area contributed by atoms with Crippen molar-refractivity contribution in [3.05, 3.63) is 24.3 Å². The molecule has 2 saturated heterocycles. The Morgan fingerprint density at radius 2 is 1.83 bits per heavy atom. The Morgan fingerprint density at radius 1 is 1.21 bits per heavy atom. The van der Waals surface area contributed by atoms with Gasteiger partial charge in [-0.1, -0.05) is 0 Å². The Hall–Kier alpha value is -3.26. The molecule has 1 N–H and O–H groups in total. The topological polar surface area (TPSA) is 109 Å². The quantitative estimate of drug-likeness (QED) is 0.840. The third-order valence-electron chi connectivity index (χ3n) is 6.47. The number of cyclic esters (lactones) is 1. The van der Waals surface area contributed by atoms with Crippen LogP contribution < -0.4 is 15.1 Å². The van der Waals surface area contributed by atoms with E-state index in [9.17, 15) is 20.1 Å². The van der Waals surface area contributed by atoms with Crippen LogP contribution in [0.4, 0.5) is 16.2 Å². The first kappa shape index (κ1) is 19.1. The molecule has 1 saturated carbocycles. The Labute approximate surface area is 169 Å². The van der Waals surface area contributed by atoms with Gasteiger partial charge in [-0.2, -0.15) is 10.5 Å². The molecule has 1 unspecified atom stereocenters. The maximum absolute atomic E-state index is 12.1. The standard InChI is InChI=1S/C21H23N5O3/c1-15(27)24-10-18-11-26(19(28)29-18)17-4-2-16(3-5-17)25-8-6-20(7-9-25)12-21(20,13-22)14-23/h2-5,18H,6-12H2,1H3,(H,24,27). The van der Waals surface area contributed by atoms with Crippen molar-refractivity contribution in [2.75, 3.05) is 36.0 Å². The van der Waals surface area contributed by atoms with Gasteiger partial charge in [0.05, 0.1) is 25.2 Å². The SMILES string of the molecule is CC(=O)NCC1CN(c2ccc(N3CCC4(CC3)CC4(C#N)C#N)cc2)C(=O)O1. The zero-order valence-electron chi connectivity index (χ0n) is 16.4. The predicted molar refractivity (Wildman–Crippen MR) is 105 cm³/mol. The molecule has 0 radical (unpaired) electrons. The van der Waals surface area contributed by atoms with Gasteiger partial charge in [0.1, 0.15) is 11.5 Å². The van der Waals surface area contributed by atoms with E-state index in [4.69, 9.17) is 4.74 Å². The summed E-state index contributed by atoms with van der Waals surface area (Å²) in [4.78, 5) is 27.0. The highest BCUT2D eigenvalue weighted by molar-refractivity contribution is 5.90. The molecule has 2 aliphatic heterocycles. The number of nitrogens with one attached hydrogen (secondary N) is 1. The lowest BCUT2D eigenvalue weighted by Gasteiger charge is -2.34. The zero-order valence-corrected chi connectivity index (χ0v) is 16.4. The average molecular weight is 393 g/mol. The third-order valence-corrected chi connectivity index (χ3v) is 6.47. The number of anilines is 2. The van der Waals surface area contributed by atoms with Gasteiger partial charge in [0.25, 0.3) is 0 Å². The van der Waals surface area contributed by atoms with Crippen molar-refractivity contribution in [1.29, 1.82) is 10.5 Å². The summed E-state index contributed by atoms with van der Waals surface area (Å²) in [6.45, 7) is 3.76. The number of nitrogens with zero attached hydrogens (tertiary/aromatic N) is 4. The molecule has 0 bridgehead atoms. The highest BCUT2D eigenvalue weighted by atomic mass is 16.6. The number of piperidine rings is 1. The lowest BCUT2D eigenvalue weighted by molar-refractivity contribution is -0.119. The van der Waals surface area contributed by atoms with E-state index in [1.54, 1.807) is 4.90 Å². The summed E-state index contributed by atoms with van der Waals surface area (Å²) in [6.07, 6.45) is 1.61. The number of hydrogen-bond acceptors (Lipinski definition) is 6. The maximum atomic E-state index is 12.1. The molecule has 8 heteroatoms. The van der Waals surface area contributed by atoms with Crippen LogP contribution in [0.2, 0.25) is 0 Å². The fraction of sp³-hybridized carbons (Fsp3) is 0.524. The molecule has 2 amide bonds. The normalized spacial score (nSPS) is 23.8. The number of benzene rings is 1. The molecule has 8 nitrogen and oxygen atoms in total. The maximum Gasteiger partial charge on any atom is 0.414 e. The highest BCUT2D eigenvalue weighted by Gasteiger charge is 2.69. The van der Waals surface area contributed by atoms with Crippen LogP contribution in [-0.2, 0) is 9.53 Å². The monoisotopic (exact) mass is 393 g/mol. The van der Waals surface area contributed by atoms with Crippen LogP contribution in [0.5, 0.6) is 0 Å². The van der Waals surface area contributed by atoms with E-state index in [2.05, 4.69) is 22.4 Å². The molecule has 1 spiro atoms. The highest BCUT2D eigenvalue weighted by Crippen LogP contribution is 2.68. The predicted octanol–water partition coefficient (Wildman–Crippen LogP) is 2.17. The van der Waals surface area contributed by atoms with Gasteiger partial charge >= 0.3 is 6.09 Å². The van der Waals surface area contributed by atoms with Gasteiger partial charge < -0.3 is 15.0 Å². The van der Waals surface area contributed by atoms with E-state index in [1.165, 1.54) is 6.92 Å². The molecule has 3 fully saturated rings. The molecule has 0 aromatic heterocycles. The van der Waals surface area contributed by atoms with Crippen LogP contribution in [0.3, 0.4) is 0 Å². The van der Waals surface area contributed by atoms with Crippen molar-refractivity contribution in [1.82, 2.24) is 5.32 Å². The first-order valence-electron chi connectivity index (χ1n) is 9.82. The summed E-state index contributed by atoms with van der Waals surface area (Å²) < 4.78 is 5.31. The van der Waals surface area contributed by atoms with E-state index in [-0.39, 0.29) is 17.4 Å². The van der Waals surface area contributed by atoms with Gasteiger partial charge in [0, 0.05) is 36.8 Å². The molecule has 4 rings (SSSR count). The fourth-order valence-electron chi connectivity index (χ4n) is 4.54. The summed E-state index contributed by atoms with van der Waals surface area (Å²) in [5.74, 6) is -0.153. The zero-order chi connectivity index (χ0) is 20.6. The van der Waals surface area contributed by atoms with Crippen molar-refractivity contribution in [3.63, 3.8) is 0 Å². The molecule has 1 aromatic carbocycles. The average Bonchev–Trinajstić information content (AvgIpc) is 3.19.